The number of fused-ring (bicyclic) bond motifs is 1. The second-order valence-corrected chi connectivity index (χ2v) is 4.04. The number of hydrogen-bond donors (Lipinski definition) is 1. The van der Waals surface area contributed by atoms with Crippen LogP contribution in [0.5, 0.6) is 0 Å². The summed E-state index contributed by atoms with van der Waals surface area (Å²) in [4.78, 5) is 8.32. The van der Waals surface area contributed by atoms with Crippen LogP contribution in [0.1, 0.15) is 0 Å². The van der Waals surface area contributed by atoms with Gasteiger partial charge in [0.15, 0.2) is 5.82 Å². The van der Waals surface area contributed by atoms with Gasteiger partial charge in [-0.2, -0.15) is 0 Å². The Morgan fingerprint density at radius 2 is 1.37 bits per heavy atom. The number of nitrogen functional groups attached to an aromatic ring is 1. The highest BCUT2D eigenvalue weighted by atomic mass is 19.1. The van der Waals surface area contributed by atoms with Crippen molar-refractivity contribution in [1.82, 2.24) is 9.97 Å². The minimum atomic E-state index is -0.712. The summed E-state index contributed by atoms with van der Waals surface area (Å²) in [6.07, 6.45) is 0. The summed E-state index contributed by atoms with van der Waals surface area (Å²) in [5, 5.41) is 0. The van der Waals surface area contributed by atoms with Crippen LogP contribution < -0.4 is 5.73 Å². The average Bonchev–Trinajstić information content (AvgIpc) is 2.39. The van der Waals surface area contributed by atoms with Gasteiger partial charge in [-0.15, -0.1) is 0 Å². The minimum Gasteiger partial charge on any atom is -0.382 e. The molecule has 0 radical (unpaired) electrons. The fourth-order valence-corrected chi connectivity index (χ4v) is 1.92. The van der Waals surface area contributed by atoms with Gasteiger partial charge in [-0.25, -0.2) is 18.7 Å². The number of nitrogens with zero attached hydrogens (tertiary/aromatic N) is 2. The molecule has 5 heteroatoms. The van der Waals surface area contributed by atoms with Gasteiger partial charge in [0, 0.05) is 0 Å². The van der Waals surface area contributed by atoms with Crippen LogP contribution >= 0.6 is 0 Å². The van der Waals surface area contributed by atoms with Gasteiger partial charge in [-0.1, -0.05) is 18.2 Å². The molecule has 0 fully saturated rings. The number of rotatable bonds is 1. The predicted octanol–water partition coefficient (Wildman–Crippen LogP) is 3.16. The molecule has 3 rings (SSSR count). The van der Waals surface area contributed by atoms with E-state index in [-0.39, 0.29) is 17.1 Å². The molecule has 0 atom stereocenters. The first-order valence-electron chi connectivity index (χ1n) is 5.63. The molecule has 0 aliphatic rings. The summed E-state index contributed by atoms with van der Waals surface area (Å²) in [5.74, 6) is -1.42. The molecule has 0 unspecified atom stereocenters. The van der Waals surface area contributed by atoms with E-state index in [1.165, 1.54) is 6.07 Å². The number of aromatic nitrogens is 2. The molecule has 0 aliphatic carbocycles. The topological polar surface area (TPSA) is 51.8 Å². The van der Waals surface area contributed by atoms with E-state index in [0.717, 1.165) is 12.1 Å². The lowest BCUT2D eigenvalue weighted by molar-refractivity contribution is 0.589. The van der Waals surface area contributed by atoms with E-state index in [4.69, 9.17) is 5.73 Å². The third-order valence-corrected chi connectivity index (χ3v) is 2.80. The van der Waals surface area contributed by atoms with Gasteiger partial charge < -0.3 is 5.73 Å². The normalized spacial score (nSPS) is 10.8. The summed E-state index contributed by atoms with van der Waals surface area (Å²) in [6.45, 7) is 0. The SMILES string of the molecule is Nc1nc2ccccc2nc1-c1c(F)cccc1F. The van der Waals surface area contributed by atoms with E-state index in [1.54, 1.807) is 24.3 Å². The van der Waals surface area contributed by atoms with E-state index >= 15 is 0 Å². The van der Waals surface area contributed by atoms with Crippen molar-refractivity contribution in [2.24, 2.45) is 0 Å². The molecule has 0 saturated carbocycles. The molecule has 2 N–H and O–H groups in total. The van der Waals surface area contributed by atoms with Crippen molar-refractivity contribution in [3.05, 3.63) is 54.1 Å². The monoisotopic (exact) mass is 257 g/mol. The number of benzene rings is 2. The van der Waals surface area contributed by atoms with E-state index in [2.05, 4.69) is 9.97 Å². The first-order chi connectivity index (χ1) is 9.16. The summed E-state index contributed by atoms with van der Waals surface area (Å²) in [6, 6.07) is 10.6. The Morgan fingerprint density at radius 1 is 0.789 bits per heavy atom. The highest BCUT2D eigenvalue weighted by Gasteiger charge is 2.16. The van der Waals surface area contributed by atoms with Crippen molar-refractivity contribution in [3.8, 4) is 11.3 Å². The highest BCUT2D eigenvalue weighted by Crippen LogP contribution is 2.29. The van der Waals surface area contributed by atoms with Crippen molar-refractivity contribution >= 4 is 16.9 Å². The molecule has 2 aromatic carbocycles. The van der Waals surface area contributed by atoms with Crippen LogP contribution in [0.15, 0.2) is 42.5 Å². The smallest absolute Gasteiger partial charge is 0.150 e. The average molecular weight is 257 g/mol. The maximum atomic E-state index is 13.8. The molecular weight excluding hydrogens is 248 g/mol. The first-order valence-corrected chi connectivity index (χ1v) is 5.63. The van der Waals surface area contributed by atoms with Gasteiger partial charge in [-0.3, -0.25) is 0 Å². The lowest BCUT2D eigenvalue weighted by Crippen LogP contribution is -2.01. The summed E-state index contributed by atoms with van der Waals surface area (Å²) in [5.41, 5.74) is 6.64. The van der Waals surface area contributed by atoms with Crippen molar-refractivity contribution < 1.29 is 8.78 Å². The highest BCUT2D eigenvalue weighted by molar-refractivity contribution is 5.82. The molecule has 3 aromatic rings. The van der Waals surface area contributed by atoms with Crippen LogP contribution in [0.2, 0.25) is 0 Å². The van der Waals surface area contributed by atoms with Crippen molar-refractivity contribution in [3.63, 3.8) is 0 Å². The third-order valence-electron chi connectivity index (χ3n) is 2.80. The molecular formula is C14H9F2N3. The zero-order valence-electron chi connectivity index (χ0n) is 9.77. The molecule has 0 amide bonds. The van der Waals surface area contributed by atoms with Crippen LogP contribution in [-0.4, -0.2) is 9.97 Å². The Balaban J connectivity index is 2.33. The van der Waals surface area contributed by atoms with Crippen LogP contribution in [0.25, 0.3) is 22.3 Å². The Hall–Kier alpha value is -2.56. The Kier molecular flexibility index (Phi) is 2.59. The number of hydrogen-bond acceptors (Lipinski definition) is 3. The molecule has 3 nitrogen and oxygen atoms in total. The second-order valence-electron chi connectivity index (χ2n) is 4.04. The summed E-state index contributed by atoms with van der Waals surface area (Å²) < 4.78 is 27.5. The zero-order chi connectivity index (χ0) is 13.4. The fourth-order valence-electron chi connectivity index (χ4n) is 1.92. The summed E-state index contributed by atoms with van der Waals surface area (Å²) >= 11 is 0. The maximum Gasteiger partial charge on any atom is 0.150 e. The van der Waals surface area contributed by atoms with Gasteiger partial charge in [0.2, 0.25) is 0 Å². The van der Waals surface area contributed by atoms with E-state index in [0.29, 0.717) is 11.0 Å². The van der Waals surface area contributed by atoms with Crippen molar-refractivity contribution in [2.75, 3.05) is 5.73 Å². The molecule has 0 spiro atoms. The number of anilines is 1. The zero-order valence-corrected chi connectivity index (χ0v) is 9.77. The van der Waals surface area contributed by atoms with Gasteiger partial charge in [0.1, 0.15) is 17.3 Å². The summed E-state index contributed by atoms with van der Waals surface area (Å²) in [7, 11) is 0. The van der Waals surface area contributed by atoms with E-state index in [9.17, 15) is 8.78 Å². The largest absolute Gasteiger partial charge is 0.382 e. The van der Waals surface area contributed by atoms with Crippen LogP contribution in [0, 0.1) is 11.6 Å². The lowest BCUT2D eigenvalue weighted by atomic mass is 10.1. The van der Waals surface area contributed by atoms with Gasteiger partial charge in [-0.05, 0) is 24.3 Å². The molecule has 0 bridgehead atoms. The number of halogens is 2. The minimum absolute atomic E-state index is 0.00250. The van der Waals surface area contributed by atoms with Crippen molar-refractivity contribution in [1.29, 1.82) is 0 Å². The maximum absolute atomic E-state index is 13.8. The Bertz CT molecular complexity index is 751. The number of para-hydroxylation sites is 2. The van der Waals surface area contributed by atoms with Crippen LogP contribution in [0.3, 0.4) is 0 Å². The molecule has 19 heavy (non-hydrogen) atoms. The molecule has 0 aliphatic heterocycles. The molecule has 94 valence electrons. The van der Waals surface area contributed by atoms with Crippen LogP contribution in [0.4, 0.5) is 14.6 Å². The van der Waals surface area contributed by atoms with Crippen molar-refractivity contribution in [2.45, 2.75) is 0 Å². The molecule has 0 saturated heterocycles. The predicted molar refractivity (Wildman–Crippen MR) is 69.3 cm³/mol. The lowest BCUT2D eigenvalue weighted by Gasteiger charge is -2.08. The van der Waals surface area contributed by atoms with Crippen LogP contribution in [-0.2, 0) is 0 Å². The Labute approximate surface area is 107 Å². The van der Waals surface area contributed by atoms with Gasteiger partial charge >= 0.3 is 0 Å². The number of nitrogens with two attached hydrogens (primary N) is 1. The molecule has 1 heterocycles. The Morgan fingerprint density at radius 3 is 2.00 bits per heavy atom. The van der Waals surface area contributed by atoms with E-state index < -0.39 is 11.6 Å². The third kappa shape index (κ3) is 1.89. The first kappa shape index (κ1) is 11.5. The fraction of sp³-hybridized carbons (Fsp3) is 0. The second kappa shape index (κ2) is 4.28. The standard InChI is InChI=1S/C14H9F2N3/c15-8-4-3-5-9(16)12(8)13-14(17)19-11-7-2-1-6-10(11)18-13/h1-7H,(H2,17,19). The quantitative estimate of drug-likeness (QED) is 0.728. The molecule has 1 aromatic heterocycles. The van der Waals surface area contributed by atoms with Gasteiger partial charge in [0.25, 0.3) is 0 Å². The van der Waals surface area contributed by atoms with Gasteiger partial charge in [0.05, 0.1) is 16.6 Å². The van der Waals surface area contributed by atoms with E-state index in [1.807, 2.05) is 0 Å².